The summed E-state index contributed by atoms with van der Waals surface area (Å²) in [5.41, 5.74) is 3.11. The standard InChI is InChI=1S/C24H21N3O2S/c1-17-9-5-8-14-21(17)27-23(29)19-12-6-7-13-20(19)26-24(27)30-16-15-22(28)25-18-10-3-2-4-11-18/h2-14H,15-16H2,1H3,(H,25,28). The smallest absolute Gasteiger partial charge is 0.266 e. The number of nitrogens with one attached hydrogen (secondary N) is 1. The molecule has 0 saturated carbocycles. The number of thioether (sulfide) groups is 1. The molecule has 0 aliphatic rings. The number of fused-ring (bicyclic) bond motifs is 1. The lowest BCUT2D eigenvalue weighted by Gasteiger charge is -2.15. The van der Waals surface area contributed by atoms with Gasteiger partial charge < -0.3 is 5.32 Å². The SMILES string of the molecule is Cc1ccccc1-n1c(SCCC(=O)Nc2ccccc2)nc2ccccc2c1=O. The number of hydrogen-bond donors (Lipinski definition) is 1. The van der Waals surface area contributed by atoms with Crippen molar-refractivity contribution in [1.29, 1.82) is 0 Å². The number of benzene rings is 3. The minimum atomic E-state index is -0.105. The molecule has 1 amide bonds. The lowest BCUT2D eigenvalue weighted by Crippen LogP contribution is -2.22. The molecule has 4 rings (SSSR count). The second kappa shape index (κ2) is 8.97. The predicted molar refractivity (Wildman–Crippen MR) is 122 cm³/mol. The molecule has 0 unspecified atom stereocenters. The molecule has 5 nitrogen and oxygen atoms in total. The lowest BCUT2D eigenvalue weighted by atomic mass is 10.2. The van der Waals surface area contributed by atoms with Gasteiger partial charge >= 0.3 is 0 Å². The third kappa shape index (κ3) is 4.28. The maximum atomic E-state index is 13.3. The fourth-order valence-corrected chi connectivity index (χ4v) is 4.16. The van der Waals surface area contributed by atoms with E-state index in [9.17, 15) is 9.59 Å². The molecule has 4 aromatic rings. The van der Waals surface area contributed by atoms with E-state index < -0.39 is 0 Å². The zero-order valence-electron chi connectivity index (χ0n) is 16.5. The van der Waals surface area contributed by atoms with Crippen LogP contribution in [-0.2, 0) is 4.79 Å². The van der Waals surface area contributed by atoms with Crippen LogP contribution in [0, 0.1) is 6.92 Å². The van der Waals surface area contributed by atoms with Crippen molar-refractivity contribution in [1.82, 2.24) is 9.55 Å². The molecule has 0 bridgehead atoms. The normalized spacial score (nSPS) is 10.8. The van der Waals surface area contributed by atoms with Gasteiger partial charge in [0.15, 0.2) is 5.16 Å². The Bertz CT molecular complexity index is 1250. The Morgan fingerprint density at radius 1 is 0.967 bits per heavy atom. The molecule has 150 valence electrons. The first-order valence-corrected chi connectivity index (χ1v) is 10.7. The Morgan fingerprint density at radius 3 is 2.47 bits per heavy atom. The van der Waals surface area contributed by atoms with Gasteiger partial charge in [0.05, 0.1) is 16.6 Å². The van der Waals surface area contributed by atoms with Crippen molar-refractivity contribution in [2.24, 2.45) is 0 Å². The molecule has 6 heteroatoms. The molecule has 0 atom stereocenters. The maximum absolute atomic E-state index is 13.3. The van der Waals surface area contributed by atoms with E-state index in [4.69, 9.17) is 4.98 Å². The van der Waals surface area contributed by atoms with Crippen LogP contribution in [-0.4, -0.2) is 21.2 Å². The molecular weight excluding hydrogens is 394 g/mol. The first-order valence-electron chi connectivity index (χ1n) is 9.69. The van der Waals surface area contributed by atoms with E-state index in [1.54, 1.807) is 10.6 Å². The van der Waals surface area contributed by atoms with Crippen molar-refractivity contribution >= 4 is 34.3 Å². The van der Waals surface area contributed by atoms with E-state index in [1.807, 2.05) is 79.7 Å². The summed E-state index contributed by atoms with van der Waals surface area (Å²) in [6.45, 7) is 1.97. The summed E-state index contributed by atoms with van der Waals surface area (Å²) in [6.07, 6.45) is 0.316. The molecule has 30 heavy (non-hydrogen) atoms. The van der Waals surface area contributed by atoms with Crippen LogP contribution < -0.4 is 10.9 Å². The monoisotopic (exact) mass is 415 g/mol. The fraction of sp³-hybridized carbons (Fsp3) is 0.125. The zero-order valence-corrected chi connectivity index (χ0v) is 17.4. The van der Waals surface area contributed by atoms with Crippen LogP contribution in [0.5, 0.6) is 0 Å². The molecule has 0 spiro atoms. The van der Waals surface area contributed by atoms with Crippen LogP contribution in [0.25, 0.3) is 16.6 Å². The van der Waals surface area contributed by atoms with Crippen molar-refractivity contribution in [2.45, 2.75) is 18.5 Å². The van der Waals surface area contributed by atoms with Gasteiger partial charge in [0.2, 0.25) is 5.91 Å². The van der Waals surface area contributed by atoms with Crippen LogP contribution >= 0.6 is 11.8 Å². The Labute approximate surface area is 178 Å². The van der Waals surface area contributed by atoms with Crippen LogP contribution in [0.1, 0.15) is 12.0 Å². The second-order valence-corrected chi connectivity index (χ2v) is 7.91. The number of nitrogens with zero attached hydrogens (tertiary/aromatic N) is 2. The highest BCUT2D eigenvalue weighted by Crippen LogP contribution is 2.23. The van der Waals surface area contributed by atoms with Gasteiger partial charge in [-0.1, -0.05) is 60.3 Å². The van der Waals surface area contributed by atoms with E-state index in [1.165, 1.54) is 11.8 Å². The third-order valence-corrected chi connectivity index (χ3v) is 5.66. The molecule has 0 fully saturated rings. The minimum Gasteiger partial charge on any atom is -0.326 e. The quantitative estimate of drug-likeness (QED) is 0.362. The molecule has 0 saturated heterocycles. The van der Waals surface area contributed by atoms with Crippen LogP contribution in [0.3, 0.4) is 0 Å². The van der Waals surface area contributed by atoms with Crippen molar-refractivity contribution in [3.63, 3.8) is 0 Å². The van der Waals surface area contributed by atoms with Crippen molar-refractivity contribution in [3.8, 4) is 5.69 Å². The zero-order chi connectivity index (χ0) is 20.9. The highest BCUT2D eigenvalue weighted by atomic mass is 32.2. The second-order valence-electron chi connectivity index (χ2n) is 6.85. The van der Waals surface area contributed by atoms with E-state index in [0.29, 0.717) is 28.2 Å². The molecule has 0 aliphatic heterocycles. The average molecular weight is 416 g/mol. The van der Waals surface area contributed by atoms with Gasteiger partial charge in [-0.15, -0.1) is 0 Å². The van der Waals surface area contributed by atoms with Crippen LogP contribution in [0.15, 0.2) is 88.8 Å². The highest BCUT2D eigenvalue weighted by molar-refractivity contribution is 7.99. The van der Waals surface area contributed by atoms with Gasteiger partial charge in [-0.05, 0) is 42.8 Å². The third-order valence-electron chi connectivity index (χ3n) is 4.72. The van der Waals surface area contributed by atoms with Gasteiger partial charge in [0.1, 0.15) is 0 Å². The molecule has 1 heterocycles. The first kappa shape index (κ1) is 19.9. The summed E-state index contributed by atoms with van der Waals surface area (Å²) >= 11 is 1.41. The number of amides is 1. The molecule has 3 aromatic carbocycles. The molecule has 1 aromatic heterocycles. The molecule has 1 N–H and O–H groups in total. The summed E-state index contributed by atoms with van der Waals surface area (Å²) in [4.78, 5) is 30.3. The lowest BCUT2D eigenvalue weighted by molar-refractivity contribution is -0.115. The fourth-order valence-electron chi connectivity index (χ4n) is 3.22. The molecule has 0 radical (unpaired) electrons. The maximum Gasteiger partial charge on any atom is 0.266 e. The Morgan fingerprint density at radius 2 is 1.67 bits per heavy atom. The van der Waals surface area contributed by atoms with E-state index in [0.717, 1.165) is 16.9 Å². The van der Waals surface area contributed by atoms with Gasteiger partial charge in [0, 0.05) is 17.9 Å². The summed E-state index contributed by atoms with van der Waals surface area (Å²) in [5.74, 6) is 0.439. The first-order chi connectivity index (χ1) is 14.6. The van der Waals surface area contributed by atoms with E-state index >= 15 is 0 Å². The summed E-state index contributed by atoms with van der Waals surface area (Å²) in [7, 11) is 0. The van der Waals surface area contributed by atoms with Gasteiger partial charge in [-0.25, -0.2) is 4.98 Å². The summed E-state index contributed by atoms with van der Waals surface area (Å²) < 4.78 is 1.65. The van der Waals surface area contributed by atoms with Crippen molar-refractivity contribution in [3.05, 3.63) is 94.8 Å². The van der Waals surface area contributed by atoms with Gasteiger partial charge in [0.25, 0.3) is 5.56 Å². The number of hydrogen-bond acceptors (Lipinski definition) is 4. The number of anilines is 1. The van der Waals surface area contributed by atoms with Crippen molar-refractivity contribution in [2.75, 3.05) is 11.1 Å². The Balaban J connectivity index is 1.61. The minimum absolute atomic E-state index is 0.0701. The largest absolute Gasteiger partial charge is 0.326 e. The molecule has 0 aliphatic carbocycles. The Hall–Kier alpha value is -3.38. The summed E-state index contributed by atoms with van der Waals surface area (Å²) in [5, 5.41) is 4.04. The van der Waals surface area contributed by atoms with Crippen LogP contribution in [0.4, 0.5) is 5.69 Å². The average Bonchev–Trinajstić information content (AvgIpc) is 2.76. The van der Waals surface area contributed by atoms with Gasteiger partial charge in [-0.2, -0.15) is 0 Å². The molecular formula is C24H21N3O2S. The number of para-hydroxylation sites is 3. The number of rotatable bonds is 6. The number of carbonyl (C=O) groups excluding carboxylic acids is 1. The van der Waals surface area contributed by atoms with E-state index in [-0.39, 0.29) is 11.5 Å². The topological polar surface area (TPSA) is 64.0 Å². The Kier molecular flexibility index (Phi) is 5.95. The summed E-state index contributed by atoms with van der Waals surface area (Å²) in [6, 6.07) is 24.5. The highest BCUT2D eigenvalue weighted by Gasteiger charge is 2.15. The number of aryl methyl sites for hydroxylation is 1. The van der Waals surface area contributed by atoms with Gasteiger partial charge in [-0.3, -0.25) is 14.2 Å². The van der Waals surface area contributed by atoms with Crippen molar-refractivity contribution < 1.29 is 4.79 Å². The van der Waals surface area contributed by atoms with Crippen LogP contribution in [0.2, 0.25) is 0 Å². The van der Waals surface area contributed by atoms with E-state index in [2.05, 4.69) is 5.32 Å². The number of carbonyl (C=O) groups is 1. The predicted octanol–water partition coefficient (Wildman–Crippen LogP) is 4.82. The number of aromatic nitrogens is 2.